The molecule has 8 heteroatoms. The van der Waals surface area contributed by atoms with Crippen LogP contribution >= 0.6 is 11.3 Å². The van der Waals surface area contributed by atoms with Gasteiger partial charge in [0.2, 0.25) is 11.8 Å². The molecule has 2 aromatic heterocycles. The van der Waals surface area contributed by atoms with E-state index >= 15 is 0 Å². The number of aromatic nitrogens is 2. The molecule has 23 heavy (non-hydrogen) atoms. The van der Waals surface area contributed by atoms with Gasteiger partial charge in [0.25, 0.3) is 0 Å². The molecule has 1 atom stereocenters. The monoisotopic (exact) mass is 335 g/mol. The van der Waals surface area contributed by atoms with Crippen LogP contribution < -0.4 is 10.2 Å². The third kappa shape index (κ3) is 3.89. The number of nitrogens with one attached hydrogen (secondary N) is 1. The summed E-state index contributed by atoms with van der Waals surface area (Å²) in [7, 11) is 0. The Morgan fingerprint density at radius 2 is 2.26 bits per heavy atom. The molecule has 2 aromatic rings. The molecule has 3 rings (SSSR count). The van der Waals surface area contributed by atoms with Gasteiger partial charge in [0.1, 0.15) is 0 Å². The van der Waals surface area contributed by atoms with E-state index in [2.05, 4.69) is 37.6 Å². The van der Waals surface area contributed by atoms with E-state index in [-0.39, 0.29) is 5.91 Å². The van der Waals surface area contributed by atoms with Crippen LogP contribution in [-0.2, 0) is 4.79 Å². The highest BCUT2D eigenvalue weighted by Crippen LogP contribution is 2.24. The summed E-state index contributed by atoms with van der Waals surface area (Å²) in [6, 6.07) is 2.04. The van der Waals surface area contributed by atoms with Gasteiger partial charge in [-0.1, -0.05) is 5.16 Å². The summed E-state index contributed by atoms with van der Waals surface area (Å²) in [4.78, 5) is 21.1. The molecule has 0 aromatic carbocycles. The van der Waals surface area contributed by atoms with Gasteiger partial charge >= 0.3 is 0 Å². The zero-order valence-electron chi connectivity index (χ0n) is 13.6. The number of carbonyl (C=O) groups is 1. The van der Waals surface area contributed by atoms with Crippen molar-refractivity contribution < 1.29 is 9.32 Å². The van der Waals surface area contributed by atoms with Crippen molar-refractivity contribution in [2.24, 2.45) is 0 Å². The normalized spacial score (nSPS) is 19.1. The molecule has 0 bridgehead atoms. The average molecular weight is 335 g/mol. The number of carbonyl (C=O) groups excluding carboxylic acids is 1. The van der Waals surface area contributed by atoms with Crippen molar-refractivity contribution in [3.05, 3.63) is 22.8 Å². The molecule has 3 heterocycles. The minimum Gasteiger partial charge on any atom is -0.343 e. The highest BCUT2D eigenvalue weighted by molar-refractivity contribution is 7.13. The summed E-state index contributed by atoms with van der Waals surface area (Å²) < 4.78 is 5.01. The molecule has 1 fully saturated rings. The number of amides is 1. The Hall–Kier alpha value is -1.93. The molecule has 7 nitrogen and oxygen atoms in total. The van der Waals surface area contributed by atoms with Gasteiger partial charge in [0.05, 0.1) is 17.9 Å². The first-order chi connectivity index (χ1) is 11.0. The van der Waals surface area contributed by atoms with Crippen molar-refractivity contribution in [1.82, 2.24) is 15.0 Å². The maximum Gasteiger partial charge on any atom is 0.240 e. The highest BCUT2D eigenvalue weighted by Gasteiger charge is 2.26. The topological polar surface area (TPSA) is 74.5 Å². The number of piperazine rings is 1. The zero-order valence-corrected chi connectivity index (χ0v) is 14.4. The maximum absolute atomic E-state index is 12.1. The molecule has 1 amide bonds. The summed E-state index contributed by atoms with van der Waals surface area (Å²) in [6.45, 7) is 8.91. The lowest BCUT2D eigenvalue weighted by Gasteiger charge is -2.39. The number of thiazole rings is 1. The van der Waals surface area contributed by atoms with Crippen LogP contribution in [0.4, 0.5) is 11.0 Å². The molecule has 0 saturated carbocycles. The number of hydrogen-bond donors (Lipinski definition) is 1. The van der Waals surface area contributed by atoms with Crippen molar-refractivity contribution in [2.45, 2.75) is 26.8 Å². The van der Waals surface area contributed by atoms with E-state index in [0.29, 0.717) is 18.5 Å². The standard InChI is InChI=1S/C15H21N5O2S/c1-10-6-14(22-18-10)17-13(21)8-19-4-5-20(12(3)7-19)15-16-11(2)9-23-15/h6,9,12H,4-5,7-8H2,1-3H3,(H,17,21)/t12-/m1/s1. The van der Waals surface area contributed by atoms with Crippen LogP contribution in [0, 0.1) is 13.8 Å². The predicted molar refractivity (Wildman–Crippen MR) is 90.0 cm³/mol. The van der Waals surface area contributed by atoms with Gasteiger partial charge in [-0.05, 0) is 20.8 Å². The lowest BCUT2D eigenvalue weighted by Crippen LogP contribution is -2.53. The van der Waals surface area contributed by atoms with E-state index in [1.165, 1.54) is 0 Å². The summed E-state index contributed by atoms with van der Waals surface area (Å²) >= 11 is 1.68. The van der Waals surface area contributed by atoms with Gasteiger partial charge in [-0.25, -0.2) is 4.98 Å². The van der Waals surface area contributed by atoms with Crippen LogP contribution in [0.25, 0.3) is 0 Å². The summed E-state index contributed by atoms with van der Waals surface area (Å²) in [5.41, 5.74) is 1.81. The molecule has 0 aliphatic carbocycles. The lowest BCUT2D eigenvalue weighted by atomic mass is 10.2. The van der Waals surface area contributed by atoms with Crippen LogP contribution in [-0.4, -0.2) is 53.2 Å². The Morgan fingerprint density at radius 1 is 1.43 bits per heavy atom. The molecule has 0 unspecified atom stereocenters. The van der Waals surface area contributed by atoms with Crippen LogP contribution in [0.1, 0.15) is 18.3 Å². The van der Waals surface area contributed by atoms with Gasteiger partial charge in [0.15, 0.2) is 5.13 Å². The molecule has 1 aliphatic heterocycles. The number of anilines is 2. The van der Waals surface area contributed by atoms with E-state index in [1.807, 2.05) is 13.8 Å². The maximum atomic E-state index is 12.1. The molecule has 1 aliphatic rings. The first kappa shape index (κ1) is 15.9. The van der Waals surface area contributed by atoms with E-state index in [0.717, 1.165) is 36.2 Å². The zero-order chi connectivity index (χ0) is 16.4. The molecule has 1 saturated heterocycles. The average Bonchev–Trinajstić information content (AvgIpc) is 3.08. The molecule has 0 spiro atoms. The SMILES string of the molecule is Cc1cc(NC(=O)CN2CCN(c3nc(C)cs3)[C@H](C)C2)on1. The second-order valence-corrected chi connectivity index (χ2v) is 6.77. The van der Waals surface area contributed by atoms with Crippen molar-refractivity contribution in [3.8, 4) is 0 Å². The Morgan fingerprint density at radius 3 is 2.87 bits per heavy atom. The van der Waals surface area contributed by atoms with E-state index in [4.69, 9.17) is 4.52 Å². The van der Waals surface area contributed by atoms with Gasteiger partial charge in [-0.15, -0.1) is 11.3 Å². The second kappa shape index (κ2) is 6.67. The Kier molecular flexibility index (Phi) is 4.63. The van der Waals surface area contributed by atoms with Crippen molar-refractivity contribution in [3.63, 3.8) is 0 Å². The van der Waals surface area contributed by atoms with Crippen LogP contribution in [0.3, 0.4) is 0 Å². The largest absolute Gasteiger partial charge is 0.343 e. The van der Waals surface area contributed by atoms with E-state index in [9.17, 15) is 4.79 Å². The number of rotatable bonds is 4. The Labute approximate surface area is 139 Å². The van der Waals surface area contributed by atoms with Crippen molar-refractivity contribution in [1.29, 1.82) is 0 Å². The quantitative estimate of drug-likeness (QED) is 0.920. The molecule has 1 N–H and O–H groups in total. The molecular weight excluding hydrogens is 314 g/mol. The van der Waals surface area contributed by atoms with Gasteiger partial charge in [-0.3, -0.25) is 15.0 Å². The van der Waals surface area contributed by atoms with Crippen LogP contribution in [0.5, 0.6) is 0 Å². The fourth-order valence-electron chi connectivity index (χ4n) is 2.74. The van der Waals surface area contributed by atoms with Crippen LogP contribution in [0.15, 0.2) is 16.0 Å². The summed E-state index contributed by atoms with van der Waals surface area (Å²) in [6.07, 6.45) is 0. The molecular formula is C15H21N5O2S. The van der Waals surface area contributed by atoms with Gasteiger partial charge in [0, 0.05) is 37.1 Å². The second-order valence-electron chi connectivity index (χ2n) is 5.93. The number of aryl methyl sites for hydroxylation is 2. The van der Waals surface area contributed by atoms with Crippen LogP contribution in [0.2, 0.25) is 0 Å². The third-order valence-corrected chi connectivity index (χ3v) is 4.82. The lowest BCUT2D eigenvalue weighted by molar-refractivity contribution is -0.117. The fraction of sp³-hybridized carbons (Fsp3) is 0.533. The number of nitrogens with zero attached hydrogens (tertiary/aromatic N) is 4. The summed E-state index contributed by atoms with van der Waals surface area (Å²) in [5.74, 6) is 0.323. The first-order valence-electron chi connectivity index (χ1n) is 7.65. The van der Waals surface area contributed by atoms with Crippen molar-refractivity contribution >= 4 is 28.3 Å². The predicted octanol–water partition coefficient (Wildman–Crippen LogP) is 1.90. The highest BCUT2D eigenvalue weighted by atomic mass is 32.1. The van der Waals surface area contributed by atoms with Gasteiger partial charge < -0.3 is 9.42 Å². The third-order valence-electron chi connectivity index (χ3n) is 3.82. The van der Waals surface area contributed by atoms with E-state index < -0.39 is 0 Å². The molecule has 124 valence electrons. The smallest absolute Gasteiger partial charge is 0.240 e. The number of hydrogen-bond acceptors (Lipinski definition) is 7. The molecule has 0 radical (unpaired) electrons. The fourth-order valence-corrected chi connectivity index (χ4v) is 3.67. The van der Waals surface area contributed by atoms with Gasteiger partial charge in [-0.2, -0.15) is 0 Å². The van der Waals surface area contributed by atoms with E-state index in [1.54, 1.807) is 17.4 Å². The Bertz CT molecular complexity index is 683. The Balaban J connectivity index is 1.52. The van der Waals surface area contributed by atoms with Crippen molar-refractivity contribution in [2.75, 3.05) is 36.4 Å². The minimum atomic E-state index is -0.0770. The summed E-state index contributed by atoms with van der Waals surface area (Å²) in [5, 5.41) is 9.63. The first-order valence-corrected chi connectivity index (χ1v) is 8.53. The minimum absolute atomic E-state index is 0.0770.